The minimum absolute atomic E-state index is 0.00293. The molecular formula is C32H40ClF2N5O5. The molecule has 2 amide bonds. The summed E-state index contributed by atoms with van der Waals surface area (Å²) in [6.45, 7) is 7.40. The summed E-state index contributed by atoms with van der Waals surface area (Å²) in [5, 5.41) is 1.57. The van der Waals surface area contributed by atoms with Crippen molar-refractivity contribution in [1.29, 1.82) is 0 Å². The number of carbonyl (C=O) groups is 2. The molecule has 0 N–H and O–H groups in total. The van der Waals surface area contributed by atoms with Gasteiger partial charge in [-0.25, -0.2) is 28.6 Å². The van der Waals surface area contributed by atoms with Crippen molar-refractivity contribution in [3.8, 4) is 16.9 Å². The molecule has 3 aromatic rings. The van der Waals surface area contributed by atoms with E-state index in [2.05, 4.69) is 9.97 Å². The van der Waals surface area contributed by atoms with Crippen LogP contribution in [0.1, 0.15) is 52.9 Å². The number of hydrogen-bond acceptors (Lipinski definition) is 8. The van der Waals surface area contributed by atoms with Crippen molar-refractivity contribution in [2.24, 2.45) is 0 Å². The summed E-state index contributed by atoms with van der Waals surface area (Å²) >= 11 is 6.66. The number of unbranched alkanes of at least 4 members (excludes halogenated alkanes) is 3. The molecule has 0 bridgehead atoms. The van der Waals surface area contributed by atoms with Gasteiger partial charge in [-0.15, -0.1) is 0 Å². The van der Waals surface area contributed by atoms with Crippen molar-refractivity contribution in [2.45, 2.75) is 58.5 Å². The summed E-state index contributed by atoms with van der Waals surface area (Å²) in [5.74, 6) is -0.919. The lowest BCUT2D eigenvalue weighted by atomic mass is 10.0. The Bertz CT molecular complexity index is 1510. The molecule has 45 heavy (non-hydrogen) atoms. The lowest BCUT2D eigenvalue weighted by molar-refractivity contribution is -0.168. The molecule has 1 saturated heterocycles. The van der Waals surface area contributed by atoms with Gasteiger partial charge in [0.05, 0.1) is 24.3 Å². The Balaban J connectivity index is 1.48. The fraction of sp³-hybridized carbons (Fsp3) is 0.500. The van der Waals surface area contributed by atoms with Crippen molar-refractivity contribution in [2.75, 3.05) is 51.8 Å². The molecule has 4 rings (SSSR count). The highest BCUT2D eigenvalue weighted by Crippen LogP contribution is 2.42. The second kappa shape index (κ2) is 15.0. The van der Waals surface area contributed by atoms with Gasteiger partial charge in [-0.1, -0.05) is 30.5 Å². The van der Waals surface area contributed by atoms with Gasteiger partial charge in [-0.3, -0.25) is 9.63 Å². The fourth-order valence-corrected chi connectivity index (χ4v) is 5.35. The first-order valence-corrected chi connectivity index (χ1v) is 15.4. The number of amides is 2. The number of aromatic nitrogens is 2. The zero-order valence-electron chi connectivity index (χ0n) is 26.4. The van der Waals surface area contributed by atoms with E-state index in [0.717, 1.165) is 12.8 Å². The second-order valence-corrected chi connectivity index (χ2v) is 12.2. The molecule has 0 atom stereocenters. The van der Waals surface area contributed by atoms with Gasteiger partial charge in [0.15, 0.2) is 5.82 Å². The maximum absolute atomic E-state index is 16.2. The highest BCUT2D eigenvalue weighted by atomic mass is 35.5. The minimum Gasteiger partial charge on any atom is -0.493 e. The summed E-state index contributed by atoms with van der Waals surface area (Å²) < 4.78 is 42.9. The van der Waals surface area contributed by atoms with Crippen molar-refractivity contribution in [3.63, 3.8) is 0 Å². The lowest BCUT2D eigenvalue weighted by Gasteiger charge is -2.36. The maximum atomic E-state index is 16.2. The Kier molecular flexibility index (Phi) is 11.4. The van der Waals surface area contributed by atoms with E-state index in [1.54, 1.807) is 24.1 Å². The second-order valence-electron chi connectivity index (χ2n) is 11.8. The number of hydroxylamine groups is 2. The fourth-order valence-electron chi connectivity index (χ4n) is 5.07. The van der Waals surface area contributed by atoms with Crippen LogP contribution in [-0.4, -0.2) is 84.5 Å². The van der Waals surface area contributed by atoms with Crippen LogP contribution in [0.3, 0.4) is 0 Å². The van der Waals surface area contributed by atoms with E-state index >= 15 is 8.78 Å². The number of halogens is 3. The molecule has 0 saturated carbocycles. The van der Waals surface area contributed by atoms with Gasteiger partial charge in [-0.2, -0.15) is 0 Å². The van der Waals surface area contributed by atoms with Crippen LogP contribution in [0.5, 0.6) is 5.75 Å². The van der Waals surface area contributed by atoms with Gasteiger partial charge in [0.25, 0.3) is 0 Å². The smallest absolute Gasteiger partial charge is 0.410 e. The zero-order chi connectivity index (χ0) is 32.7. The number of carbonyl (C=O) groups excluding carboxylic acids is 2. The Morgan fingerprint density at radius 2 is 1.73 bits per heavy atom. The average Bonchev–Trinajstić information content (AvgIpc) is 3.00. The van der Waals surface area contributed by atoms with Crippen LogP contribution >= 0.6 is 11.6 Å². The Labute approximate surface area is 267 Å². The van der Waals surface area contributed by atoms with E-state index in [1.165, 1.54) is 30.6 Å². The molecule has 0 unspecified atom stereocenters. The highest BCUT2D eigenvalue weighted by Gasteiger charge is 2.29. The minimum atomic E-state index is -0.783. The average molecular weight is 648 g/mol. The number of anilines is 1. The van der Waals surface area contributed by atoms with E-state index in [4.69, 9.17) is 25.9 Å². The number of benzene rings is 2. The molecule has 2 heterocycles. The van der Waals surface area contributed by atoms with E-state index in [9.17, 15) is 9.59 Å². The standard InChI is InChI=1S/C32H40ClF2N5O5/c1-32(2,3)45-31(42)40-16-14-39(15-17-40)30-21-19-22(33)26(28(35)29(21)36-20-37-30)27-23(34)11-10-12-24(27)44-18-9-7-6-8-13-25(41)38(4)43-5/h10-12,19-20H,6-9,13-18H2,1-5H3. The zero-order valence-corrected chi connectivity index (χ0v) is 27.1. The maximum Gasteiger partial charge on any atom is 0.410 e. The summed E-state index contributed by atoms with van der Waals surface area (Å²) in [6.07, 6.45) is 4.23. The Morgan fingerprint density at radius 1 is 1.02 bits per heavy atom. The molecule has 2 aromatic carbocycles. The van der Waals surface area contributed by atoms with Crippen molar-refractivity contribution < 1.29 is 32.7 Å². The first kappa shape index (κ1) is 34.1. The predicted molar refractivity (Wildman–Crippen MR) is 168 cm³/mol. The third-order valence-corrected chi connectivity index (χ3v) is 7.72. The van der Waals surface area contributed by atoms with Gasteiger partial charge in [0.2, 0.25) is 5.91 Å². The highest BCUT2D eigenvalue weighted by molar-refractivity contribution is 6.34. The van der Waals surface area contributed by atoms with E-state index < -0.39 is 17.2 Å². The van der Waals surface area contributed by atoms with Gasteiger partial charge >= 0.3 is 6.09 Å². The molecule has 0 radical (unpaired) electrons. The molecule has 244 valence electrons. The number of rotatable bonds is 11. The molecule has 1 fully saturated rings. The van der Waals surface area contributed by atoms with E-state index in [0.29, 0.717) is 56.6 Å². The number of ether oxygens (including phenoxy) is 2. The normalized spacial score (nSPS) is 13.7. The summed E-state index contributed by atoms with van der Waals surface area (Å²) in [5.41, 5.74) is -0.827. The summed E-state index contributed by atoms with van der Waals surface area (Å²) in [7, 11) is 3.01. The predicted octanol–water partition coefficient (Wildman–Crippen LogP) is 6.63. The Hall–Kier alpha value is -3.77. The van der Waals surface area contributed by atoms with Crippen molar-refractivity contribution in [3.05, 3.63) is 47.2 Å². The molecular weight excluding hydrogens is 608 g/mol. The van der Waals surface area contributed by atoms with Crippen LogP contribution in [0.2, 0.25) is 5.02 Å². The molecule has 0 aliphatic carbocycles. The first-order valence-electron chi connectivity index (χ1n) is 15.0. The van der Waals surface area contributed by atoms with Crippen LogP contribution in [-0.2, 0) is 14.4 Å². The van der Waals surface area contributed by atoms with Crippen LogP contribution in [0, 0.1) is 11.6 Å². The van der Waals surface area contributed by atoms with Crippen molar-refractivity contribution in [1.82, 2.24) is 19.9 Å². The van der Waals surface area contributed by atoms with Gasteiger partial charge in [-0.05, 0) is 51.8 Å². The molecule has 1 aromatic heterocycles. The monoisotopic (exact) mass is 647 g/mol. The van der Waals surface area contributed by atoms with E-state index in [-0.39, 0.29) is 46.0 Å². The Morgan fingerprint density at radius 3 is 2.42 bits per heavy atom. The quantitative estimate of drug-likeness (QED) is 0.169. The first-order chi connectivity index (χ1) is 21.4. The van der Waals surface area contributed by atoms with Crippen LogP contribution in [0.4, 0.5) is 19.4 Å². The molecule has 0 spiro atoms. The van der Waals surface area contributed by atoms with Crippen LogP contribution in [0.15, 0.2) is 30.6 Å². The number of piperazine rings is 1. The van der Waals surface area contributed by atoms with Crippen LogP contribution in [0.25, 0.3) is 22.0 Å². The van der Waals surface area contributed by atoms with Crippen LogP contribution < -0.4 is 9.64 Å². The molecule has 13 heteroatoms. The topological polar surface area (TPSA) is 97.3 Å². The third-order valence-electron chi connectivity index (χ3n) is 7.42. The number of hydrogen-bond donors (Lipinski definition) is 0. The molecule has 1 aliphatic heterocycles. The lowest BCUT2D eigenvalue weighted by Crippen LogP contribution is -2.50. The van der Waals surface area contributed by atoms with E-state index in [1.807, 2.05) is 25.7 Å². The SMILES string of the molecule is CON(C)C(=O)CCCCCCOc1cccc(F)c1-c1c(Cl)cc2c(N3CCN(C(=O)OC(C)(C)C)CC3)ncnc2c1F. The molecule has 10 nitrogen and oxygen atoms in total. The largest absolute Gasteiger partial charge is 0.493 e. The van der Waals surface area contributed by atoms with Crippen molar-refractivity contribution >= 4 is 40.3 Å². The van der Waals surface area contributed by atoms with Gasteiger partial charge < -0.3 is 19.3 Å². The molecule has 1 aliphatic rings. The summed E-state index contributed by atoms with van der Waals surface area (Å²) in [6, 6.07) is 5.85. The third kappa shape index (κ3) is 8.49. The van der Waals surface area contributed by atoms with Gasteiger partial charge in [0, 0.05) is 50.6 Å². The number of nitrogens with zero attached hydrogens (tertiary/aromatic N) is 5. The number of fused-ring (bicyclic) bond motifs is 1. The van der Waals surface area contributed by atoms with Gasteiger partial charge in [0.1, 0.15) is 34.8 Å². The summed E-state index contributed by atoms with van der Waals surface area (Å²) in [4.78, 5) is 41.4.